The molecule has 1 aliphatic heterocycles. The minimum Gasteiger partial charge on any atom is -0.294 e. The molecule has 0 atom stereocenters. The number of rotatable bonds is 3. The highest BCUT2D eigenvalue weighted by Crippen LogP contribution is 2.27. The average Bonchev–Trinajstić information content (AvgIpc) is 2.47. The molecular formula is C16H17NOS. The minimum absolute atomic E-state index is 0.251. The molecule has 3 rings (SSSR count). The fraction of sp³-hybridized carbons (Fsp3) is 0.375. The number of para-hydroxylation sites is 1. The van der Waals surface area contributed by atoms with Gasteiger partial charge in [0.2, 0.25) is 0 Å². The number of hydrogen-bond acceptors (Lipinski definition) is 3. The summed E-state index contributed by atoms with van der Waals surface area (Å²) in [6.07, 6.45) is 4.79. The molecule has 1 fully saturated rings. The van der Waals surface area contributed by atoms with Gasteiger partial charge < -0.3 is 0 Å². The van der Waals surface area contributed by atoms with Crippen LogP contribution in [0.3, 0.4) is 0 Å². The number of carbonyl (C=O) groups excluding carboxylic acids is 1. The van der Waals surface area contributed by atoms with E-state index in [9.17, 15) is 4.79 Å². The van der Waals surface area contributed by atoms with Gasteiger partial charge in [0.25, 0.3) is 0 Å². The van der Waals surface area contributed by atoms with Crippen LogP contribution in [0.15, 0.2) is 36.5 Å². The lowest BCUT2D eigenvalue weighted by molar-refractivity contribution is 0.0960. The van der Waals surface area contributed by atoms with Gasteiger partial charge in [0.1, 0.15) is 0 Å². The van der Waals surface area contributed by atoms with Crippen molar-refractivity contribution in [3.05, 3.63) is 42.1 Å². The molecule has 2 heterocycles. The van der Waals surface area contributed by atoms with Crippen LogP contribution in [0.2, 0.25) is 0 Å². The van der Waals surface area contributed by atoms with Crippen LogP contribution in [0.25, 0.3) is 10.9 Å². The fourth-order valence-corrected chi connectivity index (χ4v) is 3.86. The van der Waals surface area contributed by atoms with Crippen molar-refractivity contribution in [2.45, 2.75) is 19.3 Å². The molecule has 0 unspecified atom stereocenters. The Morgan fingerprint density at radius 2 is 2.00 bits per heavy atom. The number of nitrogens with zero attached hydrogens (tertiary/aromatic N) is 1. The predicted molar refractivity (Wildman–Crippen MR) is 80.7 cm³/mol. The monoisotopic (exact) mass is 271 g/mol. The smallest absolute Gasteiger partial charge is 0.165 e. The van der Waals surface area contributed by atoms with Crippen LogP contribution in [0.5, 0.6) is 0 Å². The van der Waals surface area contributed by atoms with E-state index in [1.165, 1.54) is 24.3 Å². The van der Waals surface area contributed by atoms with Gasteiger partial charge in [0, 0.05) is 23.6 Å². The van der Waals surface area contributed by atoms with Gasteiger partial charge in [-0.3, -0.25) is 9.78 Å². The molecule has 0 N–H and O–H groups in total. The van der Waals surface area contributed by atoms with Crippen molar-refractivity contribution in [2.24, 2.45) is 5.92 Å². The Labute approximate surface area is 117 Å². The van der Waals surface area contributed by atoms with Crippen molar-refractivity contribution in [1.29, 1.82) is 0 Å². The summed E-state index contributed by atoms with van der Waals surface area (Å²) in [5.74, 6) is 3.21. The molecule has 1 saturated heterocycles. The van der Waals surface area contributed by atoms with Gasteiger partial charge in [0.05, 0.1) is 5.52 Å². The number of aromatic nitrogens is 1. The molecule has 1 aromatic carbocycles. The quantitative estimate of drug-likeness (QED) is 0.792. The summed E-state index contributed by atoms with van der Waals surface area (Å²) < 4.78 is 0. The van der Waals surface area contributed by atoms with Crippen LogP contribution in [-0.2, 0) is 0 Å². The van der Waals surface area contributed by atoms with Gasteiger partial charge in [-0.2, -0.15) is 11.8 Å². The van der Waals surface area contributed by atoms with E-state index in [-0.39, 0.29) is 5.78 Å². The predicted octanol–water partition coefficient (Wildman–Crippen LogP) is 3.95. The normalized spacial score (nSPS) is 16.6. The first-order chi connectivity index (χ1) is 9.34. The molecule has 0 aliphatic carbocycles. The van der Waals surface area contributed by atoms with E-state index in [0.29, 0.717) is 12.3 Å². The zero-order valence-electron chi connectivity index (χ0n) is 10.8. The number of pyridine rings is 1. The molecular weight excluding hydrogens is 254 g/mol. The van der Waals surface area contributed by atoms with E-state index in [4.69, 9.17) is 0 Å². The Hall–Kier alpha value is -1.35. The zero-order valence-corrected chi connectivity index (χ0v) is 11.7. The van der Waals surface area contributed by atoms with Gasteiger partial charge in [-0.25, -0.2) is 0 Å². The first-order valence-corrected chi connectivity index (χ1v) is 7.95. The van der Waals surface area contributed by atoms with Crippen LogP contribution < -0.4 is 0 Å². The maximum absolute atomic E-state index is 12.5. The average molecular weight is 271 g/mol. The van der Waals surface area contributed by atoms with E-state index >= 15 is 0 Å². The maximum Gasteiger partial charge on any atom is 0.165 e. The molecule has 1 aliphatic rings. The van der Waals surface area contributed by atoms with Gasteiger partial charge >= 0.3 is 0 Å². The fourth-order valence-electron chi connectivity index (χ4n) is 2.65. The molecule has 0 saturated carbocycles. The van der Waals surface area contributed by atoms with Gasteiger partial charge in [0.15, 0.2) is 5.78 Å². The zero-order chi connectivity index (χ0) is 13.1. The molecule has 19 heavy (non-hydrogen) atoms. The van der Waals surface area contributed by atoms with Gasteiger partial charge in [-0.05, 0) is 42.4 Å². The Morgan fingerprint density at radius 3 is 2.84 bits per heavy atom. The summed E-state index contributed by atoms with van der Waals surface area (Å²) >= 11 is 2.00. The number of thioether (sulfide) groups is 1. The standard InChI is InChI=1S/C16H17NOS/c18-15(11-12-6-9-19-10-7-12)14-5-1-3-13-4-2-8-17-16(13)14/h1-5,8,12H,6-7,9-11H2. The number of fused-ring (bicyclic) bond motifs is 1. The summed E-state index contributed by atoms with van der Waals surface area (Å²) in [4.78, 5) is 16.9. The van der Waals surface area contributed by atoms with Crippen molar-refractivity contribution in [2.75, 3.05) is 11.5 Å². The number of hydrogen-bond donors (Lipinski definition) is 0. The minimum atomic E-state index is 0.251. The Bertz CT molecular complexity index is 585. The van der Waals surface area contributed by atoms with E-state index in [1.807, 2.05) is 42.1 Å². The highest BCUT2D eigenvalue weighted by molar-refractivity contribution is 7.99. The third-order valence-corrected chi connectivity index (χ3v) is 4.80. The van der Waals surface area contributed by atoms with E-state index < -0.39 is 0 Å². The van der Waals surface area contributed by atoms with Crippen molar-refractivity contribution in [3.8, 4) is 0 Å². The summed E-state index contributed by atoms with van der Waals surface area (Å²) in [7, 11) is 0. The van der Waals surface area contributed by atoms with E-state index in [0.717, 1.165) is 16.5 Å². The van der Waals surface area contributed by atoms with Crippen molar-refractivity contribution in [3.63, 3.8) is 0 Å². The lowest BCUT2D eigenvalue weighted by Gasteiger charge is -2.20. The van der Waals surface area contributed by atoms with Gasteiger partial charge in [-0.15, -0.1) is 0 Å². The molecule has 2 aromatic rings. The second-order valence-corrected chi connectivity index (χ2v) is 6.29. The summed E-state index contributed by atoms with van der Waals surface area (Å²) in [5, 5.41) is 1.05. The highest BCUT2D eigenvalue weighted by atomic mass is 32.2. The maximum atomic E-state index is 12.5. The second-order valence-electron chi connectivity index (χ2n) is 5.06. The molecule has 3 heteroatoms. The Balaban J connectivity index is 1.85. The molecule has 1 aromatic heterocycles. The molecule has 0 amide bonds. The summed E-state index contributed by atoms with van der Waals surface area (Å²) in [5.41, 5.74) is 1.64. The lowest BCUT2D eigenvalue weighted by atomic mass is 9.92. The SMILES string of the molecule is O=C(CC1CCSCC1)c1cccc2cccnc12. The molecule has 2 nitrogen and oxygen atoms in total. The van der Waals surface area contributed by atoms with Crippen LogP contribution in [0.1, 0.15) is 29.6 Å². The molecule has 0 spiro atoms. The topological polar surface area (TPSA) is 30.0 Å². The third kappa shape index (κ3) is 2.81. The van der Waals surface area contributed by atoms with Crippen molar-refractivity contribution >= 4 is 28.4 Å². The summed E-state index contributed by atoms with van der Waals surface area (Å²) in [6.45, 7) is 0. The summed E-state index contributed by atoms with van der Waals surface area (Å²) in [6, 6.07) is 9.80. The van der Waals surface area contributed by atoms with E-state index in [2.05, 4.69) is 4.98 Å². The van der Waals surface area contributed by atoms with Gasteiger partial charge in [-0.1, -0.05) is 18.2 Å². The number of benzene rings is 1. The molecule has 98 valence electrons. The molecule has 0 radical (unpaired) electrons. The highest BCUT2D eigenvalue weighted by Gasteiger charge is 2.19. The number of ketones is 1. The number of carbonyl (C=O) groups is 1. The first-order valence-electron chi connectivity index (χ1n) is 6.79. The Morgan fingerprint density at radius 1 is 1.21 bits per heavy atom. The molecule has 0 bridgehead atoms. The second kappa shape index (κ2) is 5.74. The van der Waals surface area contributed by atoms with Crippen LogP contribution in [0.4, 0.5) is 0 Å². The van der Waals surface area contributed by atoms with Crippen LogP contribution in [0, 0.1) is 5.92 Å². The first kappa shape index (κ1) is 12.7. The van der Waals surface area contributed by atoms with Crippen molar-refractivity contribution in [1.82, 2.24) is 4.98 Å². The van der Waals surface area contributed by atoms with Crippen molar-refractivity contribution < 1.29 is 4.79 Å². The number of Topliss-reactive ketones (excluding diaryl/α,β-unsaturated/α-hetero) is 1. The third-order valence-electron chi connectivity index (χ3n) is 3.75. The Kier molecular flexibility index (Phi) is 3.83. The van der Waals surface area contributed by atoms with E-state index in [1.54, 1.807) is 6.20 Å². The lowest BCUT2D eigenvalue weighted by Crippen LogP contribution is -2.14. The largest absolute Gasteiger partial charge is 0.294 e. The van der Waals surface area contributed by atoms with Crippen LogP contribution >= 0.6 is 11.8 Å². The van der Waals surface area contributed by atoms with Crippen LogP contribution in [-0.4, -0.2) is 22.3 Å².